The van der Waals surface area contributed by atoms with Crippen LogP contribution in [0.4, 0.5) is 4.79 Å². The van der Waals surface area contributed by atoms with Crippen LogP contribution >= 0.6 is 0 Å². The highest BCUT2D eigenvalue weighted by atomic mass is 16.2. The normalized spacial score (nSPS) is 13.5. The molecule has 0 unspecified atom stereocenters. The fraction of sp³-hybridized carbons (Fsp3) is 0.158. The molecule has 3 N–H and O–H groups in total. The molecule has 1 aliphatic heterocycles. The predicted molar refractivity (Wildman–Crippen MR) is 93.2 cm³/mol. The third kappa shape index (κ3) is 3.63. The Kier molecular flexibility index (Phi) is 4.61. The standard InChI is InChI=1S/C19H19N3O2/c20-19(24)21-12-14-6-8-16(9-7-14)18(23)22-11-10-17(13-22)15-4-2-1-3-5-15/h1-10H,11-13H2,(H3,20,21,24). The van der Waals surface area contributed by atoms with E-state index in [9.17, 15) is 9.59 Å². The molecule has 0 saturated carbocycles. The van der Waals surface area contributed by atoms with Gasteiger partial charge in [-0.3, -0.25) is 4.79 Å². The minimum atomic E-state index is -0.563. The van der Waals surface area contributed by atoms with E-state index in [4.69, 9.17) is 5.73 Å². The smallest absolute Gasteiger partial charge is 0.312 e. The molecule has 0 atom stereocenters. The van der Waals surface area contributed by atoms with Gasteiger partial charge in [-0.25, -0.2) is 4.79 Å². The van der Waals surface area contributed by atoms with Crippen molar-refractivity contribution in [2.75, 3.05) is 13.1 Å². The van der Waals surface area contributed by atoms with Crippen molar-refractivity contribution < 1.29 is 9.59 Å². The van der Waals surface area contributed by atoms with Gasteiger partial charge >= 0.3 is 6.03 Å². The fourth-order valence-corrected chi connectivity index (χ4v) is 2.71. The zero-order chi connectivity index (χ0) is 16.9. The Balaban J connectivity index is 1.62. The molecule has 1 heterocycles. The van der Waals surface area contributed by atoms with Crippen molar-refractivity contribution in [1.29, 1.82) is 0 Å². The van der Waals surface area contributed by atoms with E-state index in [2.05, 4.69) is 23.5 Å². The van der Waals surface area contributed by atoms with Gasteiger partial charge in [0.25, 0.3) is 5.91 Å². The molecule has 0 aliphatic carbocycles. The van der Waals surface area contributed by atoms with Gasteiger partial charge in [0.1, 0.15) is 0 Å². The highest BCUT2D eigenvalue weighted by Gasteiger charge is 2.21. The largest absolute Gasteiger partial charge is 0.352 e. The Morgan fingerprint density at radius 3 is 2.42 bits per heavy atom. The molecule has 0 radical (unpaired) electrons. The Hall–Kier alpha value is -3.08. The van der Waals surface area contributed by atoms with Crippen LogP contribution < -0.4 is 11.1 Å². The molecule has 0 aromatic heterocycles. The van der Waals surface area contributed by atoms with Crippen molar-refractivity contribution in [3.8, 4) is 0 Å². The number of rotatable bonds is 4. The molecule has 0 bridgehead atoms. The average molecular weight is 321 g/mol. The SMILES string of the molecule is NC(=O)NCc1ccc(C(=O)N2CC=C(c3ccccc3)C2)cc1. The Bertz CT molecular complexity index is 767. The third-order valence-electron chi connectivity index (χ3n) is 4.02. The number of primary amides is 1. The quantitative estimate of drug-likeness (QED) is 0.907. The summed E-state index contributed by atoms with van der Waals surface area (Å²) in [5.41, 5.74) is 8.91. The fourth-order valence-electron chi connectivity index (χ4n) is 2.71. The molecular formula is C19H19N3O2. The van der Waals surface area contributed by atoms with Crippen LogP contribution in [0.5, 0.6) is 0 Å². The number of nitrogens with two attached hydrogens (primary N) is 1. The van der Waals surface area contributed by atoms with Crippen LogP contribution in [0, 0.1) is 0 Å². The van der Waals surface area contributed by atoms with Gasteiger partial charge in [0.15, 0.2) is 0 Å². The van der Waals surface area contributed by atoms with E-state index < -0.39 is 6.03 Å². The molecule has 5 nitrogen and oxygen atoms in total. The van der Waals surface area contributed by atoms with Crippen LogP contribution in [0.2, 0.25) is 0 Å². The molecule has 2 aromatic rings. The average Bonchev–Trinajstić information content (AvgIpc) is 3.10. The predicted octanol–water partition coefficient (Wildman–Crippen LogP) is 2.39. The summed E-state index contributed by atoms with van der Waals surface area (Å²) in [7, 11) is 0. The van der Waals surface area contributed by atoms with Crippen LogP contribution in [0.1, 0.15) is 21.5 Å². The number of hydrogen-bond donors (Lipinski definition) is 2. The molecule has 3 amide bonds. The van der Waals surface area contributed by atoms with Crippen LogP contribution in [0.15, 0.2) is 60.7 Å². The molecule has 0 fully saturated rings. The maximum absolute atomic E-state index is 12.6. The van der Waals surface area contributed by atoms with Crippen LogP contribution in [0.25, 0.3) is 5.57 Å². The van der Waals surface area contributed by atoms with Crippen molar-refractivity contribution in [3.05, 3.63) is 77.4 Å². The summed E-state index contributed by atoms with van der Waals surface area (Å²) in [5, 5.41) is 2.52. The van der Waals surface area contributed by atoms with Crippen molar-refractivity contribution in [2.24, 2.45) is 5.73 Å². The molecule has 3 rings (SSSR count). The maximum Gasteiger partial charge on any atom is 0.312 e. The number of carbonyl (C=O) groups is 2. The Labute approximate surface area is 140 Å². The first-order chi connectivity index (χ1) is 11.6. The van der Waals surface area contributed by atoms with Gasteiger partial charge in [0.2, 0.25) is 0 Å². The minimum absolute atomic E-state index is 0.00610. The van der Waals surface area contributed by atoms with Gasteiger partial charge in [0.05, 0.1) is 0 Å². The van der Waals surface area contributed by atoms with Gasteiger partial charge in [0, 0.05) is 25.2 Å². The second-order valence-electron chi connectivity index (χ2n) is 5.70. The third-order valence-corrected chi connectivity index (χ3v) is 4.02. The summed E-state index contributed by atoms with van der Waals surface area (Å²) in [6, 6.07) is 16.7. The van der Waals surface area contributed by atoms with Gasteiger partial charge in [-0.05, 0) is 28.8 Å². The van der Waals surface area contributed by atoms with Crippen molar-refractivity contribution in [3.63, 3.8) is 0 Å². The second kappa shape index (κ2) is 7.00. The molecule has 1 aliphatic rings. The number of benzene rings is 2. The van der Waals surface area contributed by atoms with Gasteiger partial charge in [-0.15, -0.1) is 0 Å². The molecule has 5 heteroatoms. The van der Waals surface area contributed by atoms with Crippen molar-refractivity contribution in [2.45, 2.75) is 6.54 Å². The summed E-state index contributed by atoms with van der Waals surface area (Å²) in [6.07, 6.45) is 2.10. The highest BCUT2D eigenvalue weighted by Crippen LogP contribution is 2.22. The number of nitrogens with zero attached hydrogens (tertiary/aromatic N) is 1. The van der Waals surface area contributed by atoms with Crippen LogP contribution in [-0.4, -0.2) is 29.9 Å². The van der Waals surface area contributed by atoms with Crippen molar-refractivity contribution in [1.82, 2.24) is 10.2 Å². The zero-order valence-corrected chi connectivity index (χ0v) is 13.2. The second-order valence-corrected chi connectivity index (χ2v) is 5.70. The topological polar surface area (TPSA) is 75.4 Å². The molecule has 122 valence electrons. The highest BCUT2D eigenvalue weighted by molar-refractivity contribution is 5.96. The molecule has 0 saturated heterocycles. The monoisotopic (exact) mass is 321 g/mol. The molecule has 0 spiro atoms. The Morgan fingerprint density at radius 1 is 1.04 bits per heavy atom. The van der Waals surface area contributed by atoms with Gasteiger partial charge in [-0.1, -0.05) is 48.5 Å². The van der Waals surface area contributed by atoms with Crippen molar-refractivity contribution >= 4 is 17.5 Å². The van der Waals surface area contributed by atoms with E-state index in [1.165, 1.54) is 5.57 Å². The lowest BCUT2D eigenvalue weighted by atomic mass is 10.1. The van der Waals surface area contributed by atoms with E-state index in [1.807, 2.05) is 35.2 Å². The molecule has 2 aromatic carbocycles. The summed E-state index contributed by atoms with van der Waals surface area (Å²) < 4.78 is 0. The molecular weight excluding hydrogens is 302 g/mol. The van der Waals surface area contributed by atoms with E-state index in [0.29, 0.717) is 25.2 Å². The summed E-state index contributed by atoms with van der Waals surface area (Å²) in [5.74, 6) is 0.00610. The Morgan fingerprint density at radius 2 is 1.75 bits per heavy atom. The lowest BCUT2D eigenvalue weighted by Crippen LogP contribution is -2.29. The first kappa shape index (κ1) is 15.8. The molecule has 24 heavy (non-hydrogen) atoms. The first-order valence-corrected chi connectivity index (χ1v) is 7.79. The lowest BCUT2D eigenvalue weighted by Gasteiger charge is -2.17. The number of carbonyl (C=O) groups excluding carboxylic acids is 2. The lowest BCUT2D eigenvalue weighted by molar-refractivity contribution is 0.0801. The summed E-state index contributed by atoms with van der Waals surface area (Å²) in [4.78, 5) is 25.1. The number of amides is 3. The van der Waals surface area contributed by atoms with E-state index in [-0.39, 0.29) is 5.91 Å². The van der Waals surface area contributed by atoms with Crippen LogP contribution in [-0.2, 0) is 6.54 Å². The number of urea groups is 1. The number of nitrogens with one attached hydrogen (secondary N) is 1. The summed E-state index contributed by atoms with van der Waals surface area (Å²) >= 11 is 0. The maximum atomic E-state index is 12.6. The van der Waals surface area contributed by atoms with E-state index in [1.54, 1.807) is 12.1 Å². The zero-order valence-electron chi connectivity index (χ0n) is 13.2. The van der Waals surface area contributed by atoms with E-state index in [0.717, 1.165) is 11.1 Å². The van der Waals surface area contributed by atoms with Gasteiger partial charge in [-0.2, -0.15) is 0 Å². The van der Waals surface area contributed by atoms with Gasteiger partial charge < -0.3 is 16.0 Å². The minimum Gasteiger partial charge on any atom is -0.352 e. The number of hydrogen-bond acceptors (Lipinski definition) is 2. The van der Waals surface area contributed by atoms with E-state index >= 15 is 0 Å². The summed E-state index contributed by atoms with van der Waals surface area (Å²) in [6.45, 7) is 1.59. The van der Waals surface area contributed by atoms with Crippen LogP contribution in [0.3, 0.4) is 0 Å². The first-order valence-electron chi connectivity index (χ1n) is 7.79.